The van der Waals surface area contributed by atoms with Crippen LogP contribution in [0.15, 0.2) is 17.5 Å². The summed E-state index contributed by atoms with van der Waals surface area (Å²) in [5.74, 6) is -1.46. The third kappa shape index (κ3) is 3.16. The molecule has 1 atom stereocenters. The van der Waals surface area contributed by atoms with Gasteiger partial charge >= 0.3 is 5.97 Å². The standard InChI is InChI=1S/C15H17NO3S2/c1-4-10-9(3)21-14(12(10)15(18)19)16-13(17)8(2)11-6-5-7-20-11/h5-8H,4H2,1-3H3,(H,16,17)(H,18,19). The summed E-state index contributed by atoms with van der Waals surface area (Å²) in [4.78, 5) is 25.7. The van der Waals surface area contributed by atoms with E-state index >= 15 is 0 Å². The van der Waals surface area contributed by atoms with Gasteiger partial charge in [-0.25, -0.2) is 4.79 Å². The highest BCUT2D eigenvalue weighted by Gasteiger charge is 2.24. The average molecular weight is 323 g/mol. The van der Waals surface area contributed by atoms with Gasteiger partial charge in [-0.1, -0.05) is 13.0 Å². The molecule has 0 bridgehead atoms. The Kier molecular flexibility index (Phi) is 4.80. The molecule has 21 heavy (non-hydrogen) atoms. The summed E-state index contributed by atoms with van der Waals surface area (Å²) in [5, 5.41) is 14.5. The van der Waals surface area contributed by atoms with E-state index < -0.39 is 5.97 Å². The molecule has 0 fully saturated rings. The lowest BCUT2D eigenvalue weighted by Gasteiger charge is -2.10. The normalized spacial score (nSPS) is 12.1. The zero-order valence-corrected chi connectivity index (χ0v) is 13.7. The third-order valence-corrected chi connectivity index (χ3v) is 5.49. The van der Waals surface area contributed by atoms with Crippen LogP contribution in [0, 0.1) is 6.92 Å². The third-order valence-electron chi connectivity index (χ3n) is 3.38. The molecule has 2 N–H and O–H groups in total. The molecule has 6 heteroatoms. The topological polar surface area (TPSA) is 66.4 Å². The van der Waals surface area contributed by atoms with E-state index in [0.717, 1.165) is 15.3 Å². The van der Waals surface area contributed by atoms with Crippen LogP contribution in [-0.4, -0.2) is 17.0 Å². The molecule has 0 aliphatic rings. The Morgan fingerprint density at radius 3 is 2.67 bits per heavy atom. The lowest BCUT2D eigenvalue weighted by Crippen LogP contribution is -2.19. The number of carboxylic acids is 1. The molecule has 0 spiro atoms. The molecule has 0 aliphatic heterocycles. The molecule has 1 amide bonds. The number of aromatic carboxylic acids is 1. The number of thiophene rings is 2. The Labute approximate surface area is 131 Å². The second-order valence-corrected chi connectivity index (χ2v) is 6.93. The number of aryl methyl sites for hydroxylation is 1. The highest BCUT2D eigenvalue weighted by molar-refractivity contribution is 7.16. The van der Waals surface area contributed by atoms with Crippen molar-refractivity contribution in [3.05, 3.63) is 38.4 Å². The van der Waals surface area contributed by atoms with Crippen LogP contribution >= 0.6 is 22.7 Å². The van der Waals surface area contributed by atoms with E-state index in [1.54, 1.807) is 0 Å². The van der Waals surface area contributed by atoms with Crippen molar-refractivity contribution in [2.75, 3.05) is 5.32 Å². The SMILES string of the molecule is CCc1c(C)sc(NC(=O)C(C)c2cccs2)c1C(=O)O. The molecular weight excluding hydrogens is 306 g/mol. The molecule has 2 rings (SSSR count). The predicted octanol–water partition coefficient (Wildman–Crippen LogP) is 4.12. The van der Waals surface area contributed by atoms with Gasteiger partial charge in [0.25, 0.3) is 0 Å². The average Bonchev–Trinajstić information content (AvgIpc) is 3.05. The van der Waals surface area contributed by atoms with E-state index in [1.807, 2.05) is 38.3 Å². The van der Waals surface area contributed by atoms with Gasteiger partial charge in [0.2, 0.25) is 5.91 Å². The van der Waals surface area contributed by atoms with E-state index in [2.05, 4.69) is 5.32 Å². The first-order chi connectivity index (χ1) is 9.95. The van der Waals surface area contributed by atoms with Crippen molar-refractivity contribution in [3.8, 4) is 0 Å². The monoisotopic (exact) mass is 323 g/mol. The van der Waals surface area contributed by atoms with Crippen LogP contribution in [0.3, 0.4) is 0 Å². The van der Waals surface area contributed by atoms with Crippen molar-refractivity contribution >= 4 is 39.6 Å². The number of carbonyl (C=O) groups is 2. The van der Waals surface area contributed by atoms with Crippen LogP contribution in [0.4, 0.5) is 5.00 Å². The minimum absolute atomic E-state index is 0.177. The van der Waals surface area contributed by atoms with E-state index in [-0.39, 0.29) is 17.4 Å². The maximum atomic E-state index is 12.3. The molecular formula is C15H17NO3S2. The first kappa shape index (κ1) is 15.7. The molecule has 0 aromatic carbocycles. The van der Waals surface area contributed by atoms with Gasteiger partial charge in [0, 0.05) is 9.75 Å². The summed E-state index contributed by atoms with van der Waals surface area (Å²) in [7, 11) is 0. The van der Waals surface area contributed by atoms with Crippen molar-refractivity contribution < 1.29 is 14.7 Å². The van der Waals surface area contributed by atoms with Crippen molar-refractivity contribution in [1.82, 2.24) is 0 Å². The summed E-state index contributed by atoms with van der Waals surface area (Å²) in [6.45, 7) is 5.62. The van der Waals surface area contributed by atoms with Crippen molar-refractivity contribution in [2.45, 2.75) is 33.1 Å². The largest absolute Gasteiger partial charge is 0.478 e. The van der Waals surface area contributed by atoms with Gasteiger partial charge in [-0.3, -0.25) is 4.79 Å². The fraction of sp³-hybridized carbons (Fsp3) is 0.333. The Balaban J connectivity index is 2.27. The molecule has 112 valence electrons. The highest BCUT2D eigenvalue weighted by Crippen LogP contribution is 2.34. The maximum Gasteiger partial charge on any atom is 0.339 e. The molecule has 2 aromatic heterocycles. The van der Waals surface area contributed by atoms with Crippen LogP contribution in [0.25, 0.3) is 0 Å². The van der Waals surface area contributed by atoms with Gasteiger partial charge in [-0.2, -0.15) is 0 Å². The fourth-order valence-electron chi connectivity index (χ4n) is 2.21. The van der Waals surface area contributed by atoms with E-state index in [4.69, 9.17) is 0 Å². The molecule has 0 radical (unpaired) electrons. The number of carbonyl (C=O) groups excluding carboxylic acids is 1. The zero-order chi connectivity index (χ0) is 15.6. The van der Waals surface area contributed by atoms with Crippen molar-refractivity contribution in [1.29, 1.82) is 0 Å². The van der Waals surface area contributed by atoms with Crippen molar-refractivity contribution in [3.63, 3.8) is 0 Å². The van der Waals surface area contributed by atoms with Gasteiger partial charge < -0.3 is 10.4 Å². The van der Waals surface area contributed by atoms with E-state index in [1.165, 1.54) is 22.7 Å². The number of rotatable bonds is 5. The Hall–Kier alpha value is -1.66. The summed E-state index contributed by atoms with van der Waals surface area (Å²) in [6.07, 6.45) is 0.639. The van der Waals surface area contributed by atoms with Gasteiger partial charge in [0.1, 0.15) is 5.00 Å². The molecule has 0 saturated heterocycles. The zero-order valence-electron chi connectivity index (χ0n) is 12.1. The summed E-state index contributed by atoms with van der Waals surface area (Å²) in [6, 6.07) is 3.81. The molecule has 2 aromatic rings. The molecule has 2 heterocycles. The fourth-order valence-corrected chi connectivity index (χ4v) is 4.13. The number of anilines is 1. The Bertz CT molecular complexity index is 659. The number of hydrogen-bond donors (Lipinski definition) is 2. The Morgan fingerprint density at radius 2 is 2.14 bits per heavy atom. The number of amides is 1. The van der Waals surface area contributed by atoms with Gasteiger partial charge in [0.05, 0.1) is 11.5 Å². The molecule has 0 aliphatic carbocycles. The van der Waals surface area contributed by atoms with Crippen LogP contribution in [0.1, 0.15) is 45.4 Å². The minimum atomic E-state index is -0.990. The minimum Gasteiger partial charge on any atom is -0.478 e. The summed E-state index contributed by atoms with van der Waals surface area (Å²) < 4.78 is 0. The van der Waals surface area contributed by atoms with Crippen LogP contribution in [0.2, 0.25) is 0 Å². The number of hydrogen-bond acceptors (Lipinski definition) is 4. The number of carboxylic acid groups (broad SMARTS) is 1. The summed E-state index contributed by atoms with van der Waals surface area (Å²) >= 11 is 2.85. The highest BCUT2D eigenvalue weighted by atomic mass is 32.1. The Morgan fingerprint density at radius 1 is 1.43 bits per heavy atom. The van der Waals surface area contributed by atoms with E-state index in [0.29, 0.717) is 11.4 Å². The lowest BCUT2D eigenvalue weighted by atomic mass is 10.1. The smallest absolute Gasteiger partial charge is 0.339 e. The van der Waals surface area contributed by atoms with Crippen LogP contribution in [0.5, 0.6) is 0 Å². The molecule has 0 saturated carbocycles. The van der Waals surface area contributed by atoms with Gasteiger partial charge in [-0.15, -0.1) is 22.7 Å². The second-order valence-electron chi connectivity index (χ2n) is 4.73. The van der Waals surface area contributed by atoms with Crippen LogP contribution in [-0.2, 0) is 11.2 Å². The second kappa shape index (κ2) is 6.41. The molecule has 1 unspecified atom stereocenters. The van der Waals surface area contributed by atoms with Gasteiger partial charge in [0.15, 0.2) is 0 Å². The van der Waals surface area contributed by atoms with E-state index in [9.17, 15) is 14.7 Å². The van der Waals surface area contributed by atoms with Crippen molar-refractivity contribution in [2.24, 2.45) is 0 Å². The number of nitrogens with one attached hydrogen (secondary N) is 1. The summed E-state index contributed by atoms with van der Waals surface area (Å²) in [5.41, 5.74) is 1.03. The molecule has 4 nitrogen and oxygen atoms in total. The first-order valence-corrected chi connectivity index (χ1v) is 8.35. The van der Waals surface area contributed by atoms with Gasteiger partial charge in [-0.05, 0) is 37.3 Å². The first-order valence-electron chi connectivity index (χ1n) is 6.65. The predicted molar refractivity (Wildman–Crippen MR) is 86.8 cm³/mol. The quantitative estimate of drug-likeness (QED) is 0.870. The van der Waals surface area contributed by atoms with Crippen LogP contribution < -0.4 is 5.32 Å². The maximum absolute atomic E-state index is 12.3. The lowest BCUT2D eigenvalue weighted by molar-refractivity contribution is -0.117.